The van der Waals surface area contributed by atoms with Crippen LogP contribution in [0.15, 0.2) is 28.7 Å². The van der Waals surface area contributed by atoms with E-state index in [0.717, 1.165) is 6.07 Å². The van der Waals surface area contributed by atoms with Crippen LogP contribution in [0.25, 0.3) is 11.0 Å². The summed E-state index contributed by atoms with van der Waals surface area (Å²) in [6, 6.07) is 5.88. The van der Waals surface area contributed by atoms with Gasteiger partial charge in [0.05, 0.1) is 5.56 Å². The highest BCUT2D eigenvalue weighted by molar-refractivity contribution is 5.81. The van der Waals surface area contributed by atoms with E-state index in [2.05, 4.69) is 5.32 Å². The molecule has 0 amide bonds. The van der Waals surface area contributed by atoms with Crippen LogP contribution >= 0.6 is 0 Å². The SMILES string of the molecule is CNC(C)Cc1cc2cccc(C(F)(F)F)c2o1. The second-order valence-electron chi connectivity index (χ2n) is 4.33. The third kappa shape index (κ3) is 2.51. The predicted octanol–water partition coefficient (Wildman–Crippen LogP) is 3.60. The number of hydrogen-bond acceptors (Lipinski definition) is 2. The van der Waals surface area contributed by atoms with Gasteiger partial charge in [-0.1, -0.05) is 12.1 Å². The topological polar surface area (TPSA) is 25.2 Å². The number of furan rings is 1. The second kappa shape index (κ2) is 4.65. The number of hydrogen-bond donors (Lipinski definition) is 1. The number of fused-ring (bicyclic) bond motifs is 1. The molecule has 1 N–H and O–H groups in total. The average molecular weight is 257 g/mol. The quantitative estimate of drug-likeness (QED) is 0.908. The molecule has 0 saturated heterocycles. The first kappa shape index (κ1) is 13.0. The van der Waals surface area contributed by atoms with Gasteiger partial charge in [0.1, 0.15) is 11.3 Å². The first-order chi connectivity index (χ1) is 8.41. The molecule has 0 aliphatic carbocycles. The van der Waals surface area contributed by atoms with Crippen LogP contribution in [0, 0.1) is 0 Å². The highest BCUT2D eigenvalue weighted by atomic mass is 19.4. The van der Waals surface area contributed by atoms with E-state index >= 15 is 0 Å². The fraction of sp³-hybridized carbons (Fsp3) is 0.385. The zero-order chi connectivity index (χ0) is 13.3. The first-order valence-electron chi connectivity index (χ1n) is 5.67. The van der Waals surface area contributed by atoms with Gasteiger partial charge in [0.2, 0.25) is 0 Å². The van der Waals surface area contributed by atoms with Gasteiger partial charge in [-0.3, -0.25) is 0 Å². The molecule has 1 atom stereocenters. The summed E-state index contributed by atoms with van der Waals surface area (Å²) < 4.78 is 43.7. The van der Waals surface area contributed by atoms with Gasteiger partial charge in [-0.25, -0.2) is 0 Å². The van der Waals surface area contributed by atoms with E-state index in [1.165, 1.54) is 6.07 Å². The summed E-state index contributed by atoms with van der Waals surface area (Å²) in [5.74, 6) is 0.559. The van der Waals surface area contributed by atoms with Gasteiger partial charge < -0.3 is 9.73 Å². The molecular weight excluding hydrogens is 243 g/mol. The number of rotatable bonds is 3. The van der Waals surface area contributed by atoms with Crippen molar-refractivity contribution in [1.82, 2.24) is 5.32 Å². The summed E-state index contributed by atoms with van der Waals surface area (Å²) in [5.41, 5.74) is -0.799. The fourth-order valence-electron chi connectivity index (χ4n) is 1.84. The lowest BCUT2D eigenvalue weighted by Crippen LogP contribution is -2.23. The van der Waals surface area contributed by atoms with E-state index in [1.54, 1.807) is 19.2 Å². The molecule has 0 fully saturated rings. The molecule has 18 heavy (non-hydrogen) atoms. The minimum Gasteiger partial charge on any atom is -0.460 e. The molecular formula is C13H14F3NO. The van der Waals surface area contributed by atoms with E-state index in [0.29, 0.717) is 17.6 Å². The lowest BCUT2D eigenvalue weighted by Gasteiger charge is -2.07. The largest absolute Gasteiger partial charge is 0.460 e. The van der Waals surface area contributed by atoms with E-state index in [9.17, 15) is 13.2 Å². The van der Waals surface area contributed by atoms with Gasteiger partial charge >= 0.3 is 6.18 Å². The standard InChI is InChI=1S/C13H14F3NO/c1-8(17-2)6-10-7-9-4-3-5-11(12(9)18-10)13(14,15)16/h3-5,7-8,17H,6H2,1-2H3. The van der Waals surface area contributed by atoms with Crippen LogP contribution in [0.2, 0.25) is 0 Å². The Morgan fingerprint density at radius 3 is 2.67 bits per heavy atom. The van der Waals surface area contributed by atoms with Crippen molar-refractivity contribution in [3.8, 4) is 0 Å². The van der Waals surface area contributed by atoms with Gasteiger partial charge in [-0.05, 0) is 26.1 Å². The Bertz CT molecular complexity index is 545. The molecule has 98 valence electrons. The normalized spacial score (nSPS) is 14.1. The maximum atomic E-state index is 12.8. The smallest absolute Gasteiger partial charge is 0.420 e. The monoisotopic (exact) mass is 257 g/mol. The van der Waals surface area contributed by atoms with Crippen molar-refractivity contribution < 1.29 is 17.6 Å². The third-order valence-corrected chi connectivity index (χ3v) is 2.90. The van der Waals surface area contributed by atoms with Crippen LogP contribution in [0.3, 0.4) is 0 Å². The first-order valence-corrected chi connectivity index (χ1v) is 5.67. The van der Waals surface area contributed by atoms with Crippen molar-refractivity contribution >= 4 is 11.0 Å². The molecule has 5 heteroatoms. The third-order valence-electron chi connectivity index (χ3n) is 2.90. The van der Waals surface area contributed by atoms with Crippen molar-refractivity contribution in [2.24, 2.45) is 0 Å². The molecule has 0 saturated carbocycles. The van der Waals surface area contributed by atoms with Crippen molar-refractivity contribution in [3.05, 3.63) is 35.6 Å². The van der Waals surface area contributed by atoms with Crippen LogP contribution in [-0.2, 0) is 12.6 Å². The Hall–Kier alpha value is -1.49. The van der Waals surface area contributed by atoms with Crippen molar-refractivity contribution in [3.63, 3.8) is 0 Å². The predicted molar refractivity (Wildman–Crippen MR) is 63.4 cm³/mol. The highest BCUT2D eigenvalue weighted by Gasteiger charge is 2.34. The Morgan fingerprint density at radius 2 is 2.06 bits per heavy atom. The minimum absolute atomic E-state index is 0.0803. The molecule has 0 aliphatic heterocycles. The second-order valence-corrected chi connectivity index (χ2v) is 4.33. The summed E-state index contributed by atoms with van der Waals surface area (Å²) >= 11 is 0. The Labute approximate surface area is 103 Å². The number of para-hydroxylation sites is 1. The molecule has 2 nitrogen and oxygen atoms in total. The van der Waals surface area contributed by atoms with Gasteiger partial charge in [-0.2, -0.15) is 13.2 Å². The summed E-state index contributed by atoms with van der Waals surface area (Å²) in [6.45, 7) is 1.94. The lowest BCUT2D eigenvalue weighted by molar-refractivity contribution is -0.136. The molecule has 1 aromatic heterocycles. The summed E-state index contributed by atoms with van der Waals surface area (Å²) in [7, 11) is 1.80. The van der Waals surface area contributed by atoms with Crippen molar-refractivity contribution in [1.29, 1.82) is 0 Å². The molecule has 1 unspecified atom stereocenters. The summed E-state index contributed by atoms with van der Waals surface area (Å²) in [4.78, 5) is 0. The Morgan fingerprint density at radius 1 is 1.33 bits per heavy atom. The van der Waals surface area contributed by atoms with Gasteiger partial charge in [0.25, 0.3) is 0 Å². The van der Waals surface area contributed by atoms with E-state index in [-0.39, 0.29) is 11.6 Å². The zero-order valence-electron chi connectivity index (χ0n) is 10.1. The summed E-state index contributed by atoms with van der Waals surface area (Å²) in [6.07, 6.45) is -3.83. The van der Waals surface area contributed by atoms with Crippen LogP contribution in [0.4, 0.5) is 13.2 Å². The molecule has 0 radical (unpaired) electrons. The van der Waals surface area contributed by atoms with E-state index in [4.69, 9.17) is 4.42 Å². The highest BCUT2D eigenvalue weighted by Crippen LogP contribution is 2.36. The summed E-state index contributed by atoms with van der Waals surface area (Å²) in [5, 5.41) is 3.51. The maximum Gasteiger partial charge on any atom is 0.420 e. The van der Waals surface area contributed by atoms with Crippen LogP contribution < -0.4 is 5.32 Å². The molecule has 0 bridgehead atoms. The van der Waals surface area contributed by atoms with E-state index < -0.39 is 11.7 Å². The number of alkyl halides is 3. The number of halogens is 3. The van der Waals surface area contributed by atoms with E-state index in [1.807, 2.05) is 6.92 Å². The molecule has 0 aliphatic rings. The Balaban J connectivity index is 2.45. The molecule has 1 aromatic carbocycles. The molecule has 2 rings (SSSR count). The van der Waals surface area contributed by atoms with Crippen LogP contribution in [-0.4, -0.2) is 13.1 Å². The fourth-order valence-corrected chi connectivity index (χ4v) is 1.84. The van der Waals surface area contributed by atoms with Gasteiger partial charge in [0, 0.05) is 17.8 Å². The zero-order valence-corrected chi connectivity index (χ0v) is 10.1. The van der Waals surface area contributed by atoms with Gasteiger partial charge in [0.15, 0.2) is 0 Å². The number of benzene rings is 1. The van der Waals surface area contributed by atoms with Crippen molar-refractivity contribution in [2.45, 2.75) is 25.6 Å². The lowest BCUT2D eigenvalue weighted by atomic mass is 10.1. The van der Waals surface area contributed by atoms with Gasteiger partial charge in [-0.15, -0.1) is 0 Å². The molecule has 1 heterocycles. The Kier molecular flexibility index (Phi) is 3.34. The van der Waals surface area contributed by atoms with Crippen molar-refractivity contribution in [2.75, 3.05) is 7.05 Å². The molecule has 0 spiro atoms. The number of nitrogens with one attached hydrogen (secondary N) is 1. The van der Waals surface area contributed by atoms with Crippen LogP contribution in [0.5, 0.6) is 0 Å². The van der Waals surface area contributed by atoms with Crippen LogP contribution in [0.1, 0.15) is 18.2 Å². The molecule has 2 aromatic rings. The maximum absolute atomic E-state index is 12.8. The number of likely N-dealkylation sites (N-methyl/N-ethyl adjacent to an activating group) is 1. The average Bonchev–Trinajstić information content (AvgIpc) is 2.68. The minimum atomic E-state index is -4.39.